The topological polar surface area (TPSA) is 53.6 Å². The molecule has 18 heavy (non-hydrogen) atoms. The van der Waals surface area contributed by atoms with Crippen LogP contribution in [0.4, 0.5) is 0 Å². The number of piperidine rings is 1. The van der Waals surface area contributed by atoms with E-state index in [1.807, 2.05) is 24.3 Å². The number of aromatic nitrogens is 3. The molecule has 1 aliphatic heterocycles. The second kappa shape index (κ2) is 5.08. The van der Waals surface area contributed by atoms with E-state index < -0.39 is 0 Å². The van der Waals surface area contributed by atoms with E-state index >= 15 is 0 Å². The maximum atomic E-state index is 6.14. The van der Waals surface area contributed by atoms with Crippen molar-refractivity contribution in [3.8, 4) is 11.4 Å². The molecule has 0 saturated carbocycles. The van der Waals surface area contributed by atoms with Crippen molar-refractivity contribution in [1.29, 1.82) is 0 Å². The summed E-state index contributed by atoms with van der Waals surface area (Å²) >= 11 is 6.14. The van der Waals surface area contributed by atoms with Crippen molar-refractivity contribution in [2.75, 3.05) is 6.54 Å². The molecule has 1 unspecified atom stereocenters. The Kier molecular flexibility index (Phi) is 3.30. The first-order chi connectivity index (χ1) is 8.84. The van der Waals surface area contributed by atoms with E-state index in [9.17, 15) is 0 Å². The van der Waals surface area contributed by atoms with E-state index in [2.05, 4.69) is 20.5 Å². The average Bonchev–Trinajstić information content (AvgIpc) is 2.90. The fourth-order valence-corrected chi connectivity index (χ4v) is 2.50. The number of nitrogens with zero attached hydrogens (tertiary/aromatic N) is 2. The molecule has 2 N–H and O–H groups in total. The van der Waals surface area contributed by atoms with E-state index in [0.717, 1.165) is 24.4 Å². The molecule has 4 nitrogen and oxygen atoms in total. The minimum atomic E-state index is 0.294. The summed E-state index contributed by atoms with van der Waals surface area (Å²) in [5, 5.41) is 11.4. The number of H-pyrrole nitrogens is 1. The Morgan fingerprint density at radius 2 is 2.11 bits per heavy atom. The first-order valence-electron chi connectivity index (χ1n) is 6.25. The van der Waals surface area contributed by atoms with E-state index in [1.54, 1.807) is 0 Å². The van der Waals surface area contributed by atoms with Gasteiger partial charge in [0.15, 0.2) is 5.82 Å². The van der Waals surface area contributed by atoms with Gasteiger partial charge in [-0.3, -0.25) is 5.10 Å². The van der Waals surface area contributed by atoms with Crippen molar-refractivity contribution < 1.29 is 0 Å². The Hall–Kier alpha value is -1.39. The smallest absolute Gasteiger partial charge is 0.182 e. The molecule has 2 aromatic rings. The van der Waals surface area contributed by atoms with Gasteiger partial charge < -0.3 is 5.32 Å². The summed E-state index contributed by atoms with van der Waals surface area (Å²) in [7, 11) is 0. The third-order valence-corrected chi connectivity index (χ3v) is 3.59. The normalized spacial score (nSPS) is 19.9. The van der Waals surface area contributed by atoms with E-state index in [4.69, 9.17) is 11.6 Å². The zero-order valence-electron chi connectivity index (χ0n) is 9.99. The second-order valence-electron chi connectivity index (χ2n) is 4.53. The van der Waals surface area contributed by atoms with Crippen molar-refractivity contribution in [3.63, 3.8) is 0 Å². The molecule has 0 amide bonds. The third-order valence-electron chi connectivity index (χ3n) is 3.26. The Morgan fingerprint density at radius 1 is 1.22 bits per heavy atom. The SMILES string of the molecule is Clc1ccccc1-c1n[nH]c(C2CCCCN2)n1. The minimum Gasteiger partial charge on any atom is -0.307 e. The summed E-state index contributed by atoms with van der Waals surface area (Å²) in [6.07, 6.45) is 3.58. The summed E-state index contributed by atoms with van der Waals surface area (Å²) in [5.41, 5.74) is 0.873. The predicted molar refractivity (Wildman–Crippen MR) is 71.4 cm³/mol. The number of hydrogen-bond acceptors (Lipinski definition) is 3. The van der Waals surface area contributed by atoms with Crippen molar-refractivity contribution in [3.05, 3.63) is 35.1 Å². The molecular weight excluding hydrogens is 248 g/mol. The van der Waals surface area contributed by atoms with Gasteiger partial charge in [-0.1, -0.05) is 30.2 Å². The van der Waals surface area contributed by atoms with Gasteiger partial charge in [0, 0.05) is 5.56 Å². The van der Waals surface area contributed by atoms with Gasteiger partial charge in [-0.15, -0.1) is 0 Å². The highest BCUT2D eigenvalue weighted by atomic mass is 35.5. The Labute approximate surface area is 111 Å². The fourth-order valence-electron chi connectivity index (χ4n) is 2.28. The minimum absolute atomic E-state index is 0.294. The lowest BCUT2D eigenvalue weighted by Crippen LogP contribution is -2.27. The highest BCUT2D eigenvalue weighted by Crippen LogP contribution is 2.26. The Morgan fingerprint density at radius 3 is 2.89 bits per heavy atom. The van der Waals surface area contributed by atoms with Crippen LogP contribution >= 0.6 is 11.6 Å². The maximum absolute atomic E-state index is 6.14. The summed E-state index contributed by atoms with van der Waals surface area (Å²) in [6.45, 7) is 1.05. The molecule has 1 aliphatic rings. The summed E-state index contributed by atoms with van der Waals surface area (Å²) in [5.74, 6) is 1.58. The first-order valence-corrected chi connectivity index (χ1v) is 6.63. The second-order valence-corrected chi connectivity index (χ2v) is 4.93. The molecule has 0 spiro atoms. The standard InChI is InChI=1S/C13H15ClN4/c14-10-6-2-1-5-9(10)12-16-13(18-17-12)11-7-3-4-8-15-11/h1-2,5-6,11,15H,3-4,7-8H2,(H,16,17,18). The van der Waals surface area contributed by atoms with Crippen LogP contribution in [0, 0.1) is 0 Å². The molecular formula is C13H15ClN4. The van der Waals surface area contributed by atoms with Crippen LogP contribution in [-0.4, -0.2) is 21.7 Å². The molecule has 3 rings (SSSR count). The number of hydrogen-bond donors (Lipinski definition) is 2. The van der Waals surface area contributed by atoms with Gasteiger partial charge in [-0.25, -0.2) is 4.98 Å². The van der Waals surface area contributed by atoms with Crippen LogP contribution in [0.15, 0.2) is 24.3 Å². The molecule has 1 aromatic carbocycles. The summed E-state index contributed by atoms with van der Waals surface area (Å²) in [6, 6.07) is 7.93. The number of benzene rings is 1. The number of aromatic amines is 1. The van der Waals surface area contributed by atoms with Gasteiger partial charge in [0.2, 0.25) is 0 Å². The fraction of sp³-hybridized carbons (Fsp3) is 0.385. The van der Waals surface area contributed by atoms with Gasteiger partial charge in [0.1, 0.15) is 5.82 Å². The van der Waals surface area contributed by atoms with Gasteiger partial charge in [0.25, 0.3) is 0 Å². The van der Waals surface area contributed by atoms with E-state index in [-0.39, 0.29) is 0 Å². The van der Waals surface area contributed by atoms with E-state index in [0.29, 0.717) is 16.9 Å². The monoisotopic (exact) mass is 262 g/mol. The lowest BCUT2D eigenvalue weighted by atomic mass is 10.0. The molecule has 0 radical (unpaired) electrons. The number of nitrogens with one attached hydrogen (secondary N) is 2. The lowest BCUT2D eigenvalue weighted by Gasteiger charge is -2.20. The van der Waals surface area contributed by atoms with Crippen LogP contribution in [-0.2, 0) is 0 Å². The summed E-state index contributed by atoms with van der Waals surface area (Å²) < 4.78 is 0. The van der Waals surface area contributed by atoms with Gasteiger partial charge in [-0.05, 0) is 31.5 Å². The zero-order valence-corrected chi connectivity index (χ0v) is 10.7. The van der Waals surface area contributed by atoms with Crippen molar-refractivity contribution in [2.45, 2.75) is 25.3 Å². The molecule has 1 aromatic heterocycles. The Balaban J connectivity index is 1.87. The molecule has 0 aliphatic carbocycles. The zero-order chi connectivity index (χ0) is 12.4. The lowest BCUT2D eigenvalue weighted by molar-refractivity contribution is 0.398. The largest absolute Gasteiger partial charge is 0.307 e. The molecule has 2 heterocycles. The van der Waals surface area contributed by atoms with E-state index in [1.165, 1.54) is 12.8 Å². The van der Waals surface area contributed by atoms with Crippen molar-refractivity contribution in [1.82, 2.24) is 20.5 Å². The molecule has 0 bridgehead atoms. The molecule has 94 valence electrons. The van der Waals surface area contributed by atoms with Crippen LogP contribution < -0.4 is 5.32 Å². The number of halogens is 1. The highest BCUT2D eigenvalue weighted by Gasteiger charge is 2.19. The van der Waals surface area contributed by atoms with Crippen LogP contribution in [0.2, 0.25) is 5.02 Å². The number of rotatable bonds is 2. The van der Waals surface area contributed by atoms with Crippen molar-refractivity contribution in [2.24, 2.45) is 0 Å². The summed E-state index contributed by atoms with van der Waals surface area (Å²) in [4.78, 5) is 4.55. The van der Waals surface area contributed by atoms with Crippen LogP contribution in [0.3, 0.4) is 0 Å². The average molecular weight is 263 g/mol. The predicted octanol–water partition coefficient (Wildman–Crippen LogP) is 2.94. The molecule has 1 saturated heterocycles. The highest BCUT2D eigenvalue weighted by molar-refractivity contribution is 6.33. The Bertz CT molecular complexity index is 531. The molecule has 1 atom stereocenters. The molecule has 5 heteroatoms. The third kappa shape index (κ3) is 2.26. The van der Waals surface area contributed by atoms with Gasteiger partial charge in [0.05, 0.1) is 11.1 Å². The maximum Gasteiger partial charge on any atom is 0.182 e. The van der Waals surface area contributed by atoms with Crippen LogP contribution in [0.25, 0.3) is 11.4 Å². The van der Waals surface area contributed by atoms with Gasteiger partial charge in [-0.2, -0.15) is 5.10 Å². The van der Waals surface area contributed by atoms with Crippen LogP contribution in [0.1, 0.15) is 31.1 Å². The first kappa shape index (κ1) is 11.7. The van der Waals surface area contributed by atoms with Crippen LogP contribution in [0.5, 0.6) is 0 Å². The van der Waals surface area contributed by atoms with Crippen molar-refractivity contribution >= 4 is 11.6 Å². The molecule has 1 fully saturated rings. The van der Waals surface area contributed by atoms with Gasteiger partial charge >= 0.3 is 0 Å². The quantitative estimate of drug-likeness (QED) is 0.875.